The second-order valence-corrected chi connectivity index (χ2v) is 6.45. The predicted octanol–water partition coefficient (Wildman–Crippen LogP) is 2.35. The first-order valence-electron chi connectivity index (χ1n) is 7.05. The maximum Gasteiger partial charge on any atom is 0.00273 e. The van der Waals surface area contributed by atoms with Gasteiger partial charge in [-0.05, 0) is 43.2 Å². The van der Waals surface area contributed by atoms with Crippen molar-refractivity contribution in [3.05, 3.63) is 0 Å². The molecule has 0 unspecified atom stereocenters. The lowest BCUT2D eigenvalue weighted by Gasteiger charge is -2.49. The van der Waals surface area contributed by atoms with Gasteiger partial charge < -0.3 is 10.2 Å². The van der Waals surface area contributed by atoms with Crippen LogP contribution in [0.25, 0.3) is 0 Å². The largest absolute Gasteiger partial charge is 0.317 e. The van der Waals surface area contributed by atoms with Gasteiger partial charge in [0.2, 0.25) is 0 Å². The minimum atomic E-state index is 0.560. The van der Waals surface area contributed by atoms with E-state index in [1.165, 1.54) is 52.0 Å². The molecule has 0 bridgehead atoms. The minimum absolute atomic E-state index is 0.560. The molecule has 0 amide bonds. The summed E-state index contributed by atoms with van der Waals surface area (Å²) in [5.41, 5.74) is 0.560. The van der Waals surface area contributed by atoms with Crippen molar-refractivity contribution >= 4 is 0 Å². The second-order valence-electron chi connectivity index (χ2n) is 6.45. The van der Waals surface area contributed by atoms with E-state index in [1.54, 1.807) is 0 Å². The highest BCUT2D eigenvalue weighted by Gasteiger charge is 2.37. The Kier molecular flexibility index (Phi) is 3.91. The molecule has 94 valence electrons. The first kappa shape index (κ1) is 12.4. The molecule has 2 rings (SSSR count). The zero-order valence-electron chi connectivity index (χ0n) is 11.3. The van der Waals surface area contributed by atoms with Crippen molar-refractivity contribution in [2.75, 3.05) is 32.7 Å². The van der Waals surface area contributed by atoms with Crippen molar-refractivity contribution in [2.24, 2.45) is 17.3 Å². The molecule has 0 aromatic heterocycles. The molecule has 0 aliphatic carbocycles. The molecule has 0 aromatic rings. The van der Waals surface area contributed by atoms with Gasteiger partial charge in [-0.15, -0.1) is 0 Å². The van der Waals surface area contributed by atoms with Crippen molar-refractivity contribution < 1.29 is 0 Å². The van der Waals surface area contributed by atoms with Crippen molar-refractivity contribution in [2.45, 2.75) is 40.0 Å². The molecule has 0 spiro atoms. The lowest BCUT2D eigenvalue weighted by atomic mass is 9.72. The summed E-state index contributed by atoms with van der Waals surface area (Å²) in [4.78, 5) is 2.68. The Morgan fingerprint density at radius 2 is 1.81 bits per heavy atom. The number of nitrogens with zero attached hydrogens (tertiary/aromatic N) is 1. The van der Waals surface area contributed by atoms with Gasteiger partial charge in [0.25, 0.3) is 0 Å². The molecule has 1 N–H and O–H groups in total. The molecule has 0 aromatic carbocycles. The fraction of sp³-hybridized carbons (Fsp3) is 1.00. The summed E-state index contributed by atoms with van der Waals surface area (Å²) >= 11 is 0. The third kappa shape index (κ3) is 2.78. The highest BCUT2D eigenvalue weighted by Crippen LogP contribution is 2.37. The van der Waals surface area contributed by atoms with Gasteiger partial charge in [-0.3, -0.25) is 0 Å². The van der Waals surface area contributed by atoms with Gasteiger partial charge >= 0.3 is 0 Å². The van der Waals surface area contributed by atoms with Crippen LogP contribution in [0.3, 0.4) is 0 Å². The van der Waals surface area contributed by atoms with Gasteiger partial charge in [0.1, 0.15) is 0 Å². The Balaban J connectivity index is 1.68. The van der Waals surface area contributed by atoms with Crippen LogP contribution in [0.1, 0.15) is 40.0 Å². The average Bonchev–Trinajstić information content (AvgIpc) is 2.24. The first-order chi connectivity index (χ1) is 7.62. The quantitative estimate of drug-likeness (QED) is 0.788. The number of nitrogens with one attached hydrogen (secondary N) is 1. The third-order valence-corrected chi connectivity index (χ3v) is 4.95. The van der Waals surface area contributed by atoms with E-state index in [1.807, 2.05) is 0 Å². The summed E-state index contributed by atoms with van der Waals surface area (Å²) < 4.78 is 0. The van der Waals surface area contributed by atoms with E-state index >= 15 is 0 Å². The fourth-order valence-corrected chi connectivity index (χ4v) is 2.93. The summed E-state index contributed by atoms with van der Waals surface area (Å²) in [7, 11) is 0. The molecular weight excluding hydrogens is 196 g/mol. The standard InChI is InChI=1S/C14H28N2/c1-4-14(2,3)13-10-16(11-13)9-12-5-7-15-8-6-12/h12-13,15H,4-11H2,1-3H3. The van der Waals surface area contributed by atoms with E-state index in [4.69, 9.17) is 0 Å². The highest BCUT2D eigenvalue weighted by molar-refractivity contribution is 4.90. The number of rotatable bonds is 4. The number of hydrogen-bond donors (Lipinski definition) is 1. The van der Waals surface area contributed by atoms with Crippen LogP contribution in [0.4, 0.5) is 0 Å². The molecule has 0 radical (unpaired) electrons. The van der Waals surface area contributed by atoms with Crippen LogP contribution in [0.2, 0.25) is 0 Å². The van der Waals surface area contributed by atoms with Crippen molar-refractivity contribution in [3.8, 4) is 0 Å². The summed E-state index contributed by atoms with van der Waals surface area (Å²) in [5.74, 6) is 1.91. The topological polar surface area (TPSA) is 15.3 Å². The fourth-order valence-electron chi connectivity index (χ4n) is 2.93. The van der Waals surface area contributed by atoms with Crippen molar-refractivity contribution in [3.63, 3.8) is 0 Å². The van der Waals surface area contributed by atoms with Gasteiger partial charge in [-0.25, -0.2) is 0 Å². The third-order valence-electron chi connectivity index (χ3n) is 4.95. The van der Waals surface area contributed by atoms with Crippen LogP contribution in [0.5, 0.6) is 0 Å². The van der Waals surface area contributed by atoms with Crippen LogP contribution in [0.15, 0.2) is 0 Å². The maximum atomic E-state index is 3.45. The molecule has 2 heterocycles. The molecule has 0 saturated carbocycles. The van der Waals surface area contributed by atoms with Crippen LogP contribution in [-0.4, -0.2) is 37.6 Å². The molecule has 0 atom stereocenters. The Hall–Kier alpha value is -0.0800. The normalized spacial score (nSPS) is 25.7. The molecule has 2 aliphatic heterocycles. The van der Waals surface area contributed by atoms with Crippen LogP contribution >= 0.6 is 0 Å². The Morgan fingerprint density at radius 3 is 2.38 bits per heavy atom. The van der Waals surface area contributed by atoms with E-state index in [0.29, 0.717) is 5.41 Å². The Morgan fingerprint density at radius 1 is 1.19 bits per heavy atom. The SMILES string of the molecule is CCC(C)(C)C1CN(CC2CCNCC2)C1. The van der Waals surface area contributed by atoms with E-state index in [0.717, 1.165) is 11.8 Å². The average molecular weight is 224 g/mol. The van der Waals surface area contributed by atoms with Crippen molar-refractivity contribution in [1.82, 2.24) is 10.2 Å². The van der Waals surface area contributed by atoms with Crippen LogP contribution in [-0.2, 0) is 0 Å². The molecule has 2 fully saturated rings. The van der Waals surface area contributed by atoms with Crippen molar-refractivity contribution in [1.29, 1.82) is 0 Å². The zero-order chi connectivity index (χ0) is 11.6. The van der Waals surface area contributed by atoms with E-state index in [2.05, 4.69) is 31.0 Å². The molecule has 16 heavy (non-hydrogen) atoms. The number of piperidine rings is 1. The lowest BCUT2D eigenvalue weighted by molar-refractivity contribution is 0.000786. The van der Waals surface area contributed by atoms with E-state index in [-0.39, 0.29) is 0 Å². The molecule has 2 saturated heterocycles. The highest BCUT2D eigenvalue weighted by atomic mass is 15.2. The zero-order valence-corrected chi connectivity index (χ0v) is 11.3. The van der Waals surface area contributed by atoms with E-state index in [9.17, 15) is 0 Å². The Bertz CT molecular complexity index is 213. The molecular formula is C14H28N2. The van der Waals surface area contributed by atoms with E-state index < -0.39 is 0 Å². The lowest BCUT2D eigenvalue weighted by Crippen LogP contribution is -2.54. The second kappa shape index (κ2) is 5.05. The van der Waals surface area contributed by atoms with Crippen LogP contribution < -0.4 is 5.32 Å². The van der Waals surface area contributed by atoms with Crippen LogP contribution in [0, 0.1) is 17.3 Å². The summed E-state index contributed by atoms with van der Waals surface area (Å²) in [6, 6.07) is 0. The number of hydrogen-bond acceptors (Lipinski definition) is 2. The molecule has 2 aliphatic rings. The summed E-state index contributed by atoms with van der Waals surface area (Å²) in [6.07, 6.45) is 4.09. The van der Waals surface area contributed by atoms with Gasteiger partial charge in [-0.1, -0.05) is 27.2 Å². The molecule has 2 nitrogen and oxygen atoms in total. The maximum absolute atomic E-state index is 3.45. The number of likely N-dealkylation sites (tertiary alicyclic amines) is 1. The first-order valence-corrected chi connectivity index (χ1v) is 7.05. The minimum Gasteiger partial charge on any atom is -0.317 e. The molecule has 2 heteroatoms. The summed E-state index contributed by atoms with van der Waals surface area (Å²) in [6.45, 7) is 13.7. The predicted molar refractivity (Wildman–Crippen MR) is 69.6 cm³/mol. The van der Waals surface area contributed by atoms with Gasteiger partial charge in [-0.2, -0.15) is 0 Å². The van der Waals surface area contributed by atoms with Gasteiger partial charge in [0.15, 0.2) is 0 Å². The Labute approximate surface area is 101 Å². The van der Waals surface area contributed by atoms with Gasteiger partial charge in [0, 0.05) is 19.6 Å². The summed E-state index contributed by atoms with van der Waals surface area (Å²) in [5, 5.41) is 3.45. The van der Waals surface area contributed by atoms with Gasteiger partial charge in [0.05, 0.1) is 0 Å². The smallest absolute Gasteiger partial charge is 0.00273 e. The monoisotopic (exact) mass is 224 g/mol.